The second kappa shape index (κ2) is 9.37. The van der Waals surface area contributed by atoms with Gasteiger partial charge >= 0.3 is 0 Å². The molecule has 8 unspecified atom stereocenters. The lowest BCUT2D eigenvalue weighted by molar-refractivity contribution is -0.137. The molecule has 0 bridgehead atoms. The number of anilines is 1. The number of carbonyl (C=O) groups excluding carboxylic acids is 1. The normalized spacial score (nSPS) is 42.6. The number of nitrogens with one attached hydrogen (secondary N) is 1. The van der Waals surface area contributed by atoms with E-state index in [9.17, 15) is 4.79 Å². The molecule has 5 nitrogen and oxygen atoms in total. The van der Waals surface area contributed by atoms with Gasteiger partial charge in [0.2, 0.25) is 0 Å². The van der Waals surface area contributed by atoms with E-state index in [2.05, 4.69) is 32.3 Å². The number of hydrogen-bond donors (Lipinski definition) is 3. The maximum Gasteiger partial charge on any atom is 0.151 e. The van der Waals surface area contributed by atoms with Crippen LogP contribution in [0, 0.1) is 52.3 Å². The van der Waals surface area contributed by atoms with Crippen LogP contribution in [0.4, 0.5) is 5.69 Å². The molecule has 194 valence electrons. The zero-order chi connectivity index (χ0) is 25.0. The van der Waals surface area contributed by atoms with Gasteiger partial charge in [0, 0.05) is 11.6 Å². The van der Waals surface area contributed by atoms with Crippen molar-refractivity contribution in [1.82, 2.24) is 5.43 Å². The molecule has 0 spiro atoms. The van der Waals surface area contributed by atoms with Gasteiger partial charge < -0.3 is 10.5 Å². The van der Waals surface area contributed by atoms with Crippen LogP contribution in [0.2, 0.25) is 0 Å². The van der Waals surface area contributed by atoms with E-state index in [0.717, 1.165) is 53.5 Å². The van der Waals surface area contributed by atoms with Crippen molar-refractivity contribution in [1.29, 1.82) is 0 Å². The number of Topliss-reactive ketones (excluding diaryl/α,β-unsaturated/α-hetero) is 1. The fourth-order valence-electron chi connectivity index (χ4n) is 9.86. The number of carbonyl (C=O) groups is 1. The first-order valence-corrected chi connectivity index (χ1v) is 14.1. The van der Waals surface area contributed by atoms with E-state index in [1.165, 1.54) is 44.9 Å². The minimum Gasteiger partial charge on any atom is -0.497 e. The molecule has 0 radical (unpaired) electrons. The number of ether oxygens (including phenoxy) is 1. The van der Waals surface area contributed by atoms with Crippen molar-refractivity contribution in [3.05, 3.63) is 23.8 Å². The fourth-order valence-corrected chi connectivity index (χ4v) is 9.86. The van der Waals surface area contributed by atoms with Crippen LogP contribution in [0.5, 0.6) is 5.75 Å². The van der Waals surface area contributed by atoms with Gasteiger partial charge in [0.1, 0.15) is 5.75 Å². The third kappa shape index (κ3) is 4.11. The molecule has 0 aromatic heterocycles. The molecule has 4 saturated carbocycles. The van der Waals surface area contributed by atoms with Crippen LogP contribution >= 0.6 is 0 Å². The Morgan fingerprint density at radius 2 is 1.86 bits per heavy atom. The van der Waals surface area contributed by atoms with Crippen LogP contribution in [0.3, 0.4) is 0 Å². The number of rotatable bonds is 6. The molecule has 5 rings (SSSR count). The van der Waals surface area contributed by atoms with Gasteiger partial charge in [0.15, 0.2) is 5.78 Å². The van der Waals surface area contributed by atoms with Gasteiger partial charge in [0.05, 0.1) is 13.7 Å². The van der Waals surface area contributed by atoms with Crippen LogP contribution in [-0.2, 0) is 11.2 Å². The summed E-state index contributed by atoms with van der Waals surface area (Å²) in [6.07, 6.45) is 11.4. The average Bonchev–Trinajstić information content (AvgIpc) is 3.13. The topological polar surface area (TPSA) is 90.4 Å². The predicted octanol–water partition coefficient (Wildman–Crippen LogP) is 5.37. The molecule has 0 amide bonds. The van der Waals surface area contributed by atoms with Crippen LogP contribution in [0.1, 0.15) is 77.7 Å². The first-order valence-electron chi connectivity index (χ1n) is 14.1. The number of benzene rings is 1. The van der Waals surface area contributed by atoms with Gasteiger partial charge in [-0.15, -0.1) is 0 Å². The van der Waals surface area contributed by atoms with Gasteiger partial charge in [-0.1, -0.05) is 27.2 Å². The molecular weight excluding hydrogens is 434 g/mol. The monoisotopic (exact) mass is 481 g/mol. The Morgan fingerprint density at radius 1 is 1.09 bits per heavy atom. The highest BCUT2D eigenvalue weighted by atomic mass is 16.5. The Morgan fingerprint density at radius 3 is 2.60 bits per heavy atom. The third-order valence-corrected chi connectivity index (χ3v) is 11.6. The Bertz CT molecular complexity index is 950. The van der Waals surface area contributed by atoms with Crippen molar-refractivity contribution < 1.29 is 9.53 Å². The highest BCUT2D eigenvalue weighted by molar-refractivity contribution is 5.84. The summed E-state index contributed by atoms with van der Waals surface area (Å²) in [5.41, 5.74) is 11.6. The lowest BCUT2D eigenvalue weighted by atomic mass is 9.44. The number of hydrazine groups is 1. The predicted molar refractivity (Wildman–Crippen MR) is 142 cm³/mol. The van der Waals surface area contributed by atoms with Crippen LogP contribution < -0.4 is 21.7 Å². The number of hydrogen-bond acceptors (Lipinski definition) is 5. The smallest absolute Gasteiger partial charge is 0.151 e. The van der Waals surface area contributed by atoms with E-state index < -0.39 is 0 Å². The average molecular weight is 482 g/mol. The number of ketones is 1. The van der Waals surface area contributed by atoms with Crippen LogP contribution in [-0.4, -0.2) is 19.4 Å². The summed E-state index contributed by atoms with van der Waals surface area (Å²) in [5.74, 6) is 11.1. The first kappa shape index (κ1) is 25.1. The van der Waals surface area contributed by atoms with Gasteiger partial charge in [-0.25, -0.2) is 0 Å². The molecule has 5 N–H and O–H groups in total. The second-order valence-electron chi connectivity index (χ2n) is 13.2. The van der Waals surface area contributed by atoms with Crippen molar-refractivity contribution in [2.45, 2.75) is 78.6 Å². The van der Waals surface area contributed by atoms with Crippen molar-refractivity contribution in [3.63, 3.8) is 0 Å². The molecular formula is C30H47N3O2. The van der Waals surface area contributed by atoms with Crippen molar-refractivity contribution >= 4 is 11.5 Å². The maximum absolute atomic E-state index is 13.6. The molecule has 0 saturated heterocycles. The summed E-state index contributed by atoms with van der Waals surface area (Å²) in [7, 11) is 1.70. The third-order valence-electron chi connectivity index (χ3n) is 11.6. The number of fused-ring (bicyclic) bond motifs is 5. The van der Waals surface area contributed by atoms with E-state index in [1.807, 2.05) is 12.1 Å². The van der Waals surface area contributed by atoms with E-state index in [-0.39, 0.29) is 23.7 Å². The Balaban J connectivity index is 1.46. The molecule has 4 aliphatic carbocycles. The standard InChI is InChI=1S/C30H47N3O2/c1-18-9-11-29(2)21(13-18)5-7-23-24(29)10-12-30(3)25(23)16-20(28(30)27(34)17-33-32)14-19-15-22(35-4)6-8-26(19)31/h6,8,15,18,20-21,23-25,28,33H,5,7,9-14,16-17,31-32H2,1-4H3/t18?,20-,21?,23?,24?,25?,28?,29?,30?/m1/s1. The van der Waals surface area contributed by atoms with Crippen LogP contribution in [0.15, 0.2) is 18.2 Å². The quantitative estimate of drug-likeness (QED) is 0.289. The van der Waals surface area contributed by atoms with Crippen molar-refractivity contribution in [2.75, 3.05) is 19.4 Å². The van der Waals surface area contributed by atoms with Crippen molar-refractivity contribution in [2.24, 2.45) is 58.1 Å². The molecule has 1 aromatic carbocycles. The number of nitrogens with two attached hydrogens (primary N) is 2. The van der Waals surface area contributed by atoms with E-state index in [0.29, 0.717) is 17.3 Å². The highest BCUT2D eigenvalue weighted by Crippen LogP contribution is 2.69. The number of nitrogen functional groups attached to an aromatic ring is 1. The molecule has 0 heterocycles. The largest absolute Gasteiger partial charge is 0.497 e. The lowest BCUT2D eigenvalue weighted by Crippen LogP contribution is -2.54. The molecule has 1 aromatic rings. The Kier molecular flexibility index (Phi) is 6.71. The molecule has 9 atom stereocenters. The van der Waals surface area contributed by atoms with Gasteiger partial charge in [-0.05, 0) is 121 Å². The Labute approximate surface area is 212 Å². The minimum absolute atomic E-state index is 0.0343. The van der Waals surface area contributed by atoms with E-state index in [4.69, 9.17) is 16.3 Å². The van der Waals surface area contributed by atoms with Gasteiger partial charge in [-0.3, -0.25) is 16.1 Å². The summed E-state index contributed by atoms with van der Waals surface area (Å²) in [5, 5.41) is 0. The summed E-state index contributed by atoms with van der Waals surface area (Å²) in [6.45, 7) is 7.78. The Hall–Kier alpha value is -1.59. The summed E-state index contributed by atoms with van der Waals surface area (Å²) >= 11 is 0. The zero-order valence-electron chi connectivity index (χ0n) is 22.3. The molecule has 4 fully saturated rings. The minimum atomic E-state index is 0.0343. The second-order valence-corrected chi connectivity index (χ2v) is 13.2. The maximum atomic E-state index is 13.6. The van der Waals surface area contributed by atoms with E-state index >= 15 is 0 Å². The van der Waals surface area contributed by atoms with E-state index in [1.54, 1.807) is 7.11 Å². The fraction of sp³-hybridized carbons (Fsp3) is 0.767. The molecule has 0 aliphatic heterocycles. The molecule has 4 aliphatic rings. The summed E-state index contributed by atoms with van der Waals surface area (Å²) in [6, 6.07) is 5.93. The lowest BCUT2D eigenvalue weighted by Gasteiger charge is -2.61. The van der Waals surface area contributed by atoms with Gasteiger partial charge in [-0.2, -0.15) is 0 Å². The SMILES string of the molecule is COc1ccc(N)c(C[C@@H]2CC3C4CCC5CC(C)CCC5(C)C4CCC3(C)C2C(=O)CNN)c1. The van der Waals surface area contributed by atoms with Crippen LogP contribution in [0.25, 0.3) is 0 Å². The first-order chi connectivity index (χ1) is 16.7. The number of methoxy groups -OCH3 is 1. The molecule has 5 heteroatoms. The summed E-state index contributed by atoms with van der Waals surface area (Å²) < 4.78 is 5.49. The highest BCUT2D eigenvalue weighted by Gasteiger charge is 2.63. The molecule has 35 heavy (non-hydrogen) atoms. The zero-order valence-corrected chi connectivity index (χ0v) is 22.3. The summed E-state index contributed by atoms with van der Waals surface area (Å²) in [4.78, 5) is 13.6. The van der Waals surface area contributed by atoms with Crippen molar-refractivity contribution in [3.8, 4) is 5.75 Å². The van der Waals surface area contributed by atoms with Gasteiger partial charge in [0.25, 0.3) is 0 Å².